The number of nitrogens with zero attached hydrogens (tertiary/aromatic N) is 3. The van der Waals surface area contributed by atoms with E-state index in [-0.39, 0.29) is 24.0 Å². The van der Waals surface area contributed by atoms with Gasteiger partial charge in [0.2, 0.25) is 0 Å². The maximum absolute atomic E-state index is 4.66. The average Bonchev–Trinajstić information content (AvgIpc) is 2.52. The number of aliphatic imine (C=N–C) groups is 1. The molecule has 0 atom stereocenters. The fourth-order valence-electron chi connectivity index (χ4n) is 2.77. The van der Waals surface area contributed by atoms with Crippen LogP contribution in [0.4, 0.5) is 0 Å². The number of piperazine rings is 1. The molecule has 0 radical (unpaired) electrons. The van der Waals surface area contributed by atoms with Crippen LogP contribution in [0.5, 0.6) is 0 Å². The maximum Gasteiger partial charge on any atom is 0.191 e. The molecule has 144 valence electrons. The van der Waals surface area contributed by atoms with E-state index in [0.717, 1.165) is 31.5 Å². The number of guanidine groups is 1. The summed E-state index contributed by atoms with van der Waals surface area (Å²) < 4.78 is 0. The predicted octanol–water partition coefficient (Wildman–Crippen LogP) is 2.62. The number of unbranched alkanes of at least 4 members (excludes halogenated alkanes) is 1. The van der Waals surface area contributed by atoms with Gasteiger partial charge in [-0.3, -0.25) is 4.99 Å². The van der Waals surface area contributed by atoms with Gasteiger partial charge in [-0.25, -0.2) is 0 Å². The predicted molar refractivity (Wildman–Crippen MR) is 117 cm³/mol. The molecule has 1 fully saturated rings. The average molecular weight is 453 g/mol. The highest BCUT2D eigenvalue weighted by Gasteiger charge is 2.12. The third-order valence-electron chi connectivity index (χ3n) is 4.34. The maximum atomic E-state index is 4.66. The van der Waals surface area contributed by atoms with Gasteiger partial charge in [-0.1, -0.05) is 13.8 Å². The van der Waals surface area contributed by atoms with Crippen molar-refractivity contribution in [3.05, 3.63) is 0 Å². The topological polar surface area (TPSA) is 42.9 Å². The van der Waals surface area contributed by atoms with Gasteiger partial charge in [0.1, 0.15) is 0 Å². The largest absolute Gasteiger partial charge is 0.357 e. The fraction of sp³-hybridized carbons (Fsp3) is 0.944. The second kappa shape index (κ2) is 15.2. The smallest absolute Gasteiger partial charge is 0.191 e. The first-order valence-electron chi connectivity index (χ1n) is 9.55. The van der Waals surface area contributed by atoms with Gasteiger partial charge in [-0.05, 0) is 52.1 Å². The van der Waals surface area contributed by atoms with Crippen LogP contribution in [0.2, 0.25) is 0 Å². The Hall–Kier alpha value is -0.0800. The van der Waals surface area contributed by atoms with Crippen LogP contribution in [0.25, 0.3) is 0 Å². The van der Waals surface area contributed by atoms with E-state index in [1.807, 2.05) is 0 Å². The van der Waals surface area contributed by atoms with Gasteiger partial charge in [0.15, 0.2) is 5.96 Å². The normalized spacial score (nSPS) is 17.0. The van der Waals surface area contributed by atoms with Crippen LogP contribution in [-0.2, 0) is 0 Å². The highest BCUT2D eigenvalue weighted by molar-refractivity contribution is 14.0. The highest BCUT2D eigenvalue weighted by Crippen LogP contribution is 2.03. The first-order chi connectivity index (χ1) is 11.1. The molecule has 0 aromatic heterocycles. The molecule has 0 saturated carbocycles. The lowest BCUT2D eigenvalue weighted by molar-refractivity contribution is 0.152. The Morgan fingerprint density at radius 2 is 1.75 bits per heavy atom. The Morgan fingerprint density at radius 1 is 1.04 bits per heavy atom. The zero-order valence-corrected chi connectivity index (χ0v) is 18.6. The van der Waals surface area contributed by atoms with Crippen molar-refractivity contribution in [2.45, 2.75) is 46.5 Å². The quantitative estimate of drug-likeness (QED) is 0.231. The molecule has 0 bridgehead atoms. The monoisotopic (exact) mass is 453 g/mol. The molecule has 0 unspecified atom stereocenters. The van der Waals surface area contributed by atoms with Crippen molar-refractivity contribution in [1.82, 2.24) is 20.4 Å². The van der Waals surface area contributed by atoms with Crippen molar-refractivity contribution >= 4 is 29.9 Å². The molecule has 1 heterocycles. The van der Waals surface area contributed by atoms with Crippen molar-refractivity contribution in [3.63, 3.8) is 0 Å². The van der Waals surface area contributed by atoms with E-state index >= 15 is 0 Å². The van der Waals surface area contributed by atoms with Crippen molar-refractivity contribution in [3.8, 4) is 0 Å². The van der Waals surface area contributed by atoms with E-state index in [1.54, 1.807) is 0 Å². The van der Waals surface area contributed by atoms with Crippen molar-refractivity contribution in [2.75, 3.05) is 59.4 Å². The first kappa shape index (κ1) is 23.9. The van der Waals surface area contributed by atoms with Gasteiger partial charge >= 0.3 is 0 Å². The Bertz CT molecular complexity index is 315. The molecular weight excluding hydrogens is 413 g/mol. The van der Waals surface area contributed by atoms with Crippen molar-refractivity contribution in [1.29, 1.82) is 0 Å². The molecule has 0 aromatic carbocycles. The second-order valence-corrected chi connectivity index (χ2v) is 7.08. The van der Waals surface area contributed by atoms with Crippen LogP contribution in [-0.4, -0.2) is 75.2 Å². The molecule has 0 spiro atoms. The van der Waals surface area contributed by atoms with Crippen LogP contribution in [0, 0.1) is 5.92 Å². The van der Waals surface area contributed by atoms with E-state index in [0.29, 0.717) is 0 Å². The zero-order valence-electron chi connectivity index (χ0n) is 16.3. The molecule has 0 aromatic rings. The Balaban J connectivity index is 0.00000529. The number of nitrogens with one attached hydrogen (secondary N) is 2. The van der Waals surface area contributed by atoms with Crippen LogP contribution in [0.3, 0.4) is 0 Å². The zero-order chi connectivity index (χ0) is 16.9. The summed E-state index contributed by atoms with van der Waals surface area (Å²) in [5, 5.41) is 6.80. The Labute approximate surface area is 167 Å². The lowest BCUT2D eigenvalue weighted by atomic mass is 10.1. The molecule has 5 nitrogen and oxygen atoms in total. The van der Waals surface area contributed by atoms with Crippen LogP contribution < -0.4 is 10.6 Å². The van der Waals surface area contributed by atoms with Gasteiger partial charge in [0.05, 0.1) is 0 Å². The summed E-state index contributed by atoms with van der Waals surface area (Å²) in [6.07, 6.45) is 4.91. The second-order valence-electron chi connectivity index (χ2n) is 7.08. The van der Waals surface area contributed by atoms with Gasteiger partial charge < -0.3 is 20.4 Å². The third-order valence-corrected chi connectivity index (χ3v) is 4.34. The molecule has 1 aliphatic heterocycles. The lowest BCUT2D eigenvalue weighted by Crippen LogP contribution is -2.44. The molecule has 1 rings (SSSR count). The fourth-order valence-corrected chi connectivity index (χ4v) is 2.77. The number of hydrogen-bond donors (Lipinski definition) is 2. The summed E-state index contributed by atoms with van der Waals surface area (Å²) in [5.74, 6) is 1.76. The molecule has 1 saturated heterocycles. The number of rotatable bonds is 10. The SMILES string of the molecule is CCNC(=NCCCC(C)C)NCCCCN1CCN(C)CC1.I. The van der Waals surface area contributed by atoms with E-state index in [4.69, 9.17) is 0 Å². The molecule has 0 aliphatic carbocycles. The number of hydrogen-bond acceptors (Lipinski definition) is 3. The minimum absolute atomic E-state index is 0. The lowest BCUT2D eigenvalue weighted by Gasteiger charge is -2.32. The molecule has 2 N–H and O–H groups in total. The molecule has 0 amide bonds. The standard InChI is InChI=1S/C18H39N5.HI/c1-5-19-18(21-11-8-9-17(2)3)20-10-6-7-12-23-15-13-22(4)14-16-23;/h17H,5-16H2,1-4H3,(H2,19,20,21);1H. The van der Waals surface area contributed by atoms with E-state index in [9.17, 15) is 0 Å². The van der Waals surface area contributed by atoms with Gasteiger partial charge in [-0.15, -0.1) is 24.0 Å². The van der Waals surface area contributed by atoms with E-state index in [1.165, 1.54) is 58.4 Å². The van der Waals surface area contributed by atoms with Gasteiger partial charge in [0, 0.05) is 45.8 Å². The molecule has 24 heavy (non-hydrogen) atoms. The molecule has 6 heteroatoms. The minimum Gasteiger partial charge on any atom is -0.357 e. The van der Waals surface area contributed by atoms with Gasteiger partial charge in [-0.2, -0.15) is 0 Å². The minimum atomic E-state index is 0. The first-order valence-corrected chi connectivity index (χ1v) is 9.55. The number of halogens is 1. The summed E-state index contributed by atoms with van der Waals surface area (Å²) in [6.45, 7) is 15.7. The van der Waals surface area contributed by atoms with E-state index < -0.39 is 0 Å². The molecule has 1 aliphatic rings. The van der Waals surface area contributed by atoms with Crippen molar-refractivity contribution in [2.24, 2.45) is 10.9 Å². The number of likely N-dealkylation sites (N-methyl/N-ethyl adjacent to an activating group) is 1. The summed E-state index contributed by atoms with van der Waals surface area (Å²) in [7, 11) is 2.21. The van der Waals surface area contributed by atoms with Crippen molar-refractivity contribution < 1.29 is 0 Å². The third kappa shape index (κ3) is 12.3. The van der Waals surface area contributed by atoms with E-state index in [2.05, 4.69) is 53.2 Å². The van der Waals surface area contributed by atoms with Crippen LogP contribution >= 0.6 is 24.0 Å². The van der Waals surface area contributed by atoms with Crippen LogP contribution in [0.15, 0.2) is 4.99 Å². The van der Waals surface area contributed by atoms with Crippen LogP contribution in [0.1, 0.15) is 46.5 Å². The summed E-state index contributed by atoms with van der Waals surface area (Å²) in [5.41, 5.74) is 0. The summed E-state index contributed by atoms with van der Waals surface area (Å²) in [4.78, 5) is 9.66. The molecular formula is C18H40IN5. The summed E-state index contributed by atoms with van der Waals surface area (Å²) >= 11 is 0. The van der Waals surface area contributed by atoms with Gasteiger partial charge in [0.25, 0.3) is 0 Å². The Morgan fingerprint density at radius 3 is 2.38 bits per heavy atom. The highest BCUT2D eigenvalue weighted by atomic mass is 127. The Kier molecular flexibility index (Phi) is 15.1. The summed E-state index contributed by atoms with van der Waals surface area (Å²) in [6, 6.07) is 0.